The maximum absolute atomic E-state index is 14.8. The Bertz CT molecular complexity index is 2350. The predicted octanol–water partition coefficient (Wildman–Crippen LogP) is 9.21. The van der Waals surface area contributed by atoms with Crippen LogP contribution >= 0.6 is 0 Å². The molecular weight excluding hydrogens is 802 g/mol. The van der Waals surface area contributed by atoms with Crippen LogP contribution in [0.25, 0.3) is 22.3 Å². The van der Waals surface area contributed by atoms with Crippen LogP contribution in [0, 0.1) is 5.82 Å². The van der Waals surface area contributed by atoms with Gasteiger partial charge in [0.1, 0.15) is 23.8 Å². The average molecular weight is 858 g/mol. The molecule has 1 fully saturated rings. The first-order chi connectivity index (χ1) is 30.4. The normalized spacial score (nSPS) is 13.8. The van der Waals surface area contributed by atoms with Crippen LogP contribution in [0.15, 0.2) is 115 Å². The summed E-state index contributed by atoms with van der Waals surface area (Å²) in [6.07, 6.45) is 0.321. The molecule has 0 radical (unpaired) electrons. The summed E-state index contributed by atoms with van der Waals surface area (Å²) in [5.41, 5.74) is 5.70. The predicted molar refractivity (Wildman–Crippen MR) is 243 cm³/mol. The van der Waals surface area contributed by atoms with Gasteiger partial charge in [-0.25, -0.2) is 14.0 Å². The third kappa shape index (κ3) is 12.2. The summed E-state index contributed by atoms with van der Waals surface area (Å²) in [7, 11) is 0. The standard InChI is InChI=1S/C50H56FN5O7/c1-6-40-32-54(47(58)42-23-22-39(51)30-43(42)37-19-17-35(18-20-37)31-53-49(60)63-50(3,4)5)27-28-56(40)44-24-21-38(41-15-11-12-16-46(41)61-7-2)29-45(44)55(34-57)26-25-52-48(59)62-33-36-13-9-8-10-14-36/h8-24,29-30,34,40H,6-7,25-28,31-33H2,1-5H3,(H,52,59)(H,53,60)/t40-/m1/s1. The highest BCUT2D eigenvalue weighted by Gasteiger charge is 2.32. The van der Waals surface area contributed by atoms with Gasteiger partial charge in [0, 0.05) is 56.4 Å². The van der Waals surface area contributed by atoms with Crippen LogP contribution in [0.5, 0.6) is 5.75 Å². The fourth-order valence-electron chi connectivity index (χ4n) is 7.54. The van der Waals surface area contributed by atoms with Crippen LogP contribution in [-0.4, -0.2) is 80.4 Å². The molecule has 0 aliphatic carbocycles. The topological polar surface area (TPSA) is 130 Å². The Balaban J connectivity index is 1.21. The van der Waals surface area contributed by atoms with Crippen molar-refractivity contribution in [2.24, 2.45) is 0 Å². The van der Waals surface area contributed by atoms with E-state index in [-0.39, 0.29) is 38.2 Å². The lowest BCUT2D eigenvalue weighted by Gasteiger charge is -2.44. The quantitative estimate of drug-likeness (QED) is 0.0941. The lowest BCUT2D eigenvalue weighted by molar-refractivity contribution is -0.107. The fraction of sp³-hybridized carbons (Fsp3) is 0.320. The minimum atomic E-state index is -0.623. The Labute approximate surface area is 368 Å². The van der Waals surface area contributed by atoms with Gasteiger partial charge in [-0.3, -0.25) is 9.59 Å². The summed E-state index contributed by atoms with van der Waals surface area (Å²) in [6, 6.07) is 34.4. The van der Waals surface area contributed by atoms with E-state index in [0.29, 0.717) is 60.8 Å². The second kappa shape index (κ2) is 21.3. The van der Waals surface area contributed by atoms with E-state index >= 15 is 0 Å². The first-order valence-corrected chi connectivity index (χ1v) is 21.3. The first kappa shape index (κ1) is 45.6. The average Bonchev–Trinajstić information content (AvgIpc) is 3.28. The van der Waals surface area contributed by atoms with Crippen molar-refractivity contribution >= 4 is 35.9 Å². The number of nitrogens with one attached hydrogen (secondary N) is 2. The number of ether oxygens (including phenoxy) is 3. The van der Waals surface area contributed by atoms with E-state index in [2.05, 4.69) is 22.5 Å². The Morgan fingerprint density at radius 2 is 1.54 bits per heavy atom. The molecule has 13 heteroatoms. The third-order valence-corrected chi connectivity index (χ3v) is 10.6. The van der Waals surface area contributed by atoms with Crippen LogP contribution < -0.4 is 25.2 Å². The van der Waals surface area contributed by atoms with E-state index in [1.807, 2.05) is 104 Å². The molecule has 0 bridgehead atoms. The van der Waals surface area contributed by atoms with Gasteiger partial charge in [-0.05, 0) is 98.3 Å². The number of alkyl carbamates (subject to hydrolysis) is 2. The van der Waals surface area contributed by atoms with Crippen LogP contribution in [0.4, 0.5) is 25.4 Å². The Kier molecular flexibility index (Phi) is 15.4. The largest absolute Gasteiger partial charge is 0.493 e. The Hall–Kier alpha value is -6.89. The molecular formula is C50H56FN5O7. The van der Waals surface area contributed by atoms with E-state index in [1.54, 1.807) is 30.6 Å². The molecule has 6 rings (SSSR count). The number of rotatable bonds is 16. The minimum absolute atomic E-state index is 0.120. The van der Waals surface area contributed by atoms with E-state index in [4.69, 9.17) is 14.2 Å². The molecule has 1 aliphatic heterocycles. The van der Waals surface area contributed by atoms with Crippen molar-refractivity contribution in [2.75, 3.05) is 49.1 Å². The van der Waals surface area contributed by atoms with Crippen LogP contribution in [0.1, 0.15) is 62.5 Å². The molecule has 1 heterocycles. The molecule has 1 aliphatic rings. The number of nitrogens with zero attached hydrogens (tertiary/aromatic N) is 3. The van der Waals surface area contributed by atoms with Crippen LogP contribution in [0.2, 0.25) is 0 Å². The molecule has 0 saturated carbocycles. The van der Waals surface area contributed by atoms with Gasteiger partial charge < -0.3 is 39.5 Å². The zero-order valence-electron chi connectivity index (χ0n) is 36.6. The van der Waals surface area contributed by atoms with Gasteiger partial charge in [0.25, 0.3) is 5.91 Å². The van der Waals surface area contributed by atoms with Crippen molar-refractivity contribution < 1.29 is 37.8 Å². The number of carbonyl (C=O) groups excluding carboxylic acids is 4. The number of hydrogen-bond donors (Lipinski definition) is 2. The minimum Gasteiger partial charge on any atom is -0.493 e. The van der Waals surface area contributed by atoms with Gasteiger partial charge >= 0.3 is 12.2 Å². The van der Waals surface area contributed by atoms with E-state index < -0.39 is 23.6 Å². The highest BCUT2D eigenvalue weighted by Crippen LogP contribution is 2.39. The van der Waals surface area contributed by atoms with Crippen LogP contribution in [-0.2, 0) is 27.4 Å². The number of para-hydroxylation sites is 1. The number of amides is 4. The van der Waals surface area contributed by atoms with Gasteiger partial charge in [0.15, 0.2) is 0 Å². The molecule has 2 N–H and O–H groups in total. The zero-order valence-corrected chi connectivity index (χ0v) is 36.6. The van der Waals surface area contributed by atoms with E-state index in [9.17, 15) is 23.6 Å². The van der Waals surface area contributed by atoms with Crippen LogP contribution in [0.3, 0.4) is 0 Å². The second-order valence-corrected chi connectivity index (χ2v) is 16.2. The summed E-state index contributed by atoms with van der Waals surface area (Å²) in [6.45, 7) is 11.7. The molecule has 1 saturated heterocycles. The first-order valence-electron chi connectivity index (χ1n) is 21.3. The van der Waals surface area contributed by atoms with Gasteiger partial charge in [-0.2, -0.15) is 0 Å². The Morgan fingerprint density at radius 3 is 2.25 bits per heavy atom. The highest BCUT2D eigenvalue weighted by atomic mass is 19.1. The summed E-state index contributed by atoms with van der Waals surface area (Å²) >= 11 is 0. The van der Waals surface area contributed by atoms with Crippen molar-refractivity contribution in [2.45, 2.75) is 65.8 Å². The lowest BCUT2D eigenvalue weighted by atomic mass is 9.96. The summed E-state index contributed by atoms with van der Waals surface area (Å²) in [5.74, 6) is 0.0259. The highest BCUT2D eigenvalue weighted by molar-refractivity contribution is 6.01. The summed E-state index contributed by atoms with van der Waals surface area (Å²) < 4.78 is 31.5. The maximum Gasteiger partial charge on any atom is 0.407 e. The van der Waals surface area contributed by atoms with Crippen molar-refractivity contribution in [1.82, 2.24) is 15.5 Å². The number of benzene rings is 5. The van der Waals surface area contributed by atoms with Crippen molar-refractivity contribution in [3.8, 4) is 28.0 Å². The molecule has 5 aromatic rings. The fourth-order valence-corrected chi connectivity index (χ4v) is 7.54. The van der Waals surface area contributed by atoms with Crippen molar-refractivity contribution in [1.29, 1.82) is 0 Å². The molecule has 0 aromatic heterocycles. The lowest BCUT2D eigenvalue weighted by Crippen LogP contribution is -2.55. The molecule has 12 nitrogen and oxygen atoms in total. The van der Waals surface area contributed by atoms with Gasteiger partial charge in [0.05, 0.1) is 18.0 Å². The Morgan fingerprint density at radius 1 is 0.810 bits per heavy atom. The monoisotopic (exact) mass is 857 g/mol. The number of hydrogen-bond acceptors (Lipinski definition) is 8. The SMILES string of the molecule is CCOc1ccccc1-c1ccc(N2CCN(C(=O)c3ccc(F)cc3-c3ccc(CNC(=O)OC(C)(C)C)cc3)C[C@H]2CC)c(N(C=O)CCNC(=O)OCc2ccccc2)c1. The number of anilines is 2. The molecule has 63 heavy (non-hydrogen) atoms. The van der Waals surface area contributed by atoms with Gasteiger partial charge in [-0.1, -0.05) is 85.8 Å². The zero-order chi connectivity index (χ0) is 44.9. The summed E-state index contributed by atoms with van der Waals surface area (Å²) in [4.78, 5) is 57.7. The van der Waals surface area contributed by atoms with Crippen molar-refractivity contribution in [3.63, 3.8) is 0 Å². The van der Waals surface area contributed by atoms with Crippen molar-refractivity contribution in [3.05, 3.63) is 138 Å². The molecule has 4 amide bonds. The summed E-state index contributed by atoms with van der Waals surface area (Å²) in [5, 5.41) is 5.51. The molecule has 5 aromatic carbocycles. The molecule has 1 atom stereocenters. The molecule has 0 unspecified atom stereocenters. The number of piperazine rings is 1. The number of halogens is 1. The molecule has 330 valence electrons. The van der Waals surface area contributed by atoms with E-state index in [0.717, 1.165) is 34.4 Å². The van der Waals surface area contributed by atoms with Gasteiger partial charge in [0.2, 0.25) is 6.41 Å². The smallest absolute Gasteiger partial charge is 0.407 e. The van der Waals surface area contributed by atoms with E-state index in [1.165, 1.54) is 18.2 Å². The second-order valence-electron chi connectivity index (χ2n) is 16.2. The van der Waals surface area contributed by atoms with Gasteiger partial charge in [-0.15, -0.1) is 0 Å². The molecule has 0 spiro atoms. The third-order valence-electron chi connectivity index (χ3n) is 10.6. The maximum atomic E-state index is 14.8. The number of carbonyl (C=O) groups is 4.